The van der Waals surface area contributed by atoms with Crippen LogP contribution in [0.4, 0.5) is 0 Å². The van der Waals surface area contributed by atoms with Crippen molar-refractivity contribution in [3.8, 4) is 0 Å². The zero-order valence-corrected chi connectivity index (χ0v) is 5.93. The van der Waals surface area contributed by atoms with Crippen molar-refractivity contribution in [1.82, 2.24) is 0 Å². The minimum atomic E-state index is -5.39. The van der Waals surface area contributed by atoms with E-state index in [0.29, 0.717) is 0 Å². The maximum Gasteiger partial charge on any atom is 4.00 e. The molecule has 0 bridgehead atoms. The van der Waals surface area contributed by atoms with Crippen molar-refractivity contribution < 1.29 is 46.9 Å². The summed E-state index contributed by atoms with van der Waals surface area (Å²) in [6.45, 7) is 0. The van der Waals surface area contributed by atoms with Crippen LogP contribution in [0.5, 0.6) is 0 Å². The maximum absolute atomic E-state index is 8.55. The first-order valence-electron chi connectivity index (χ1n) is 0.730. The molecule has 0 aliphatic rings. The summed E-state index contributed by atoms with van der Waals surface area (Å²) in [6, 6.07) is 0. The van der Waals surface area contributed by atoms with Gasteiger partial charge in [-0.05, 0) is 0 Å². The van der Waals surface area contributed by atoms with Gasteiger partial charge in [-0.2, -0.15) is 7.82 Å². The van der Waals surface area contributed by atoms with Gasteiger partial charge in [-0.15, -0.1) is 0 Å². The van der Waals surface area contributed by atoms with Crippen molar-refractivity contribution in [1.29, 1.82) is 0 Å². The SMILES string of the molecule is O=P([O-])([O-])[O-].[H+].[Zr+4]. The van der Waals surface area contributed by atoms with Crippen molar-refractivity contribution in [3.05, 3.63) is 0 Å². The van der Waals surface area contributed by atoms with E-state index < -0.39 is 7.82 Å². The quantitative estimate of drug-likeness (QED) is 0.386. The molecule has 6 heavy (non-hydrogen) atoms. The molecule has 0 fully saturated rings. The Bertz CT molecular complexity index is 57.8. The molecule has 0 amide bonds. The average Bonchev–Trinajstić information content (AvgIpc) is 0.722. The van der Waals surface area contributed by atoms with Crippen molar-refractivity contribution in [3.63, 3.8) is 0 Å². The number of phosphoric acid groups is 1. The number of hydrogen-bond acceptors (Lipinski definition) is 4. The fourth-order valence-electron chi connectivity index (χ4n) is 0. The zero-order chi connectivity index (χ0) is 4.50. The Hall–Kier alpha value is 0.993. The number of rotatable bonds is 0. The average molecular weight is 187 g/mol. The molecule has 6 heteroatoms. The van der Waals surface area contributed by atoms with Crippen molar-refractivity contribution in [2.45, 2.75) is 0 Å². The normalized spacial score (nSPS) is 9.83. The maximum atomic E-state index is 8.55. The molecule has 0 aliphatic heterocycles. The third kappa shape index (κ3) is 80.7. The van der Waals surface area contributed by atoms with Gasteiger partial charge in [0, 0.05) is 0 Å². The van der Waals surface area contributed by atoms with Gasteiger partial charge in [0.25, 0.3) is 0 Å². The molecule has 0 saturated heterocycles. The molecular formula is HO4PZr+2. The summed E-state index contributed by atoms with van der Waals surface area (Å²) in [6.07, 6.45) is 0. The van der Waals surface area contributed by atoms with Gasteiger partial charge in [0.2, 0.25) is 0 Å². The van der Waals surface area contributed by atoms with Crippen LogP contribution in [0.1, 0.15) is 1.43 Å². The van der Waals surface area contributed by atoms with Crippen LogP contribution in [0.15, 0.2) is 0 Å². The first-order valence-corrected chi connectivity index (χ1v) is 2.19. The van der Waals surface area contributed by atoms with Crippen LogP contribution in [-0.2, 0) is 30.8 Å². The standard InChI is InChI=1S/H3O4P.Zr/c1-5(2,3)4;/h(H3,1,2,3,4);/q;+4/p-2. The molecule has 0 saturated carbocycles. The predicted molar refractivity (Wildman–Crippen MR) is 8.72 cm³/mol. The third-order valence-corrected chi connectivity index (χ3v) is 0. The van der Waals surface area contributed by atoms with E-state index in [1.807, 2.05) is 0 Å². The van der Waals surface area contributed by atoms with Gasteiger partial charge in [0.15, 0.2) is 0 Å². The minimum Gasteiger partial charge on any atom is -0.822 e. The summed E-state index contributed by atoms with van der Waals surface area (Å²) in [5.41, 5.74) is 0. The second-order valence-electron chi connectivity index (χ2n) is 0.447. The van der Waals surface area contributed by atoms with E-state index in [1.165, 1.54) is 0 Å². The molecule has 0 unspecified atom stereocenters. The van der Waals surface area contributed by atoms with Crippen molar-refractivity contribution in [2.24, 2.45) is 0 Å². The van der Waals surface area contributed by atoms with E-state index in [4.69, 9.17) is 19.2 Å². The Morgan fingerprint density at radius 1 is 1.33 bits per heavy atom. The molecule has 0 radical (unpaired) electrons. The van der Waals surface area contributed by atoms with Gasteiger partial charge in [-0.1, -0.05) is 0 Å². The molecule has 0 aromatic rings. The predicted octanol–water partition coefficient (Wildman–Crippen LogP) is -2.71. The fourth-order valence-corrected chi connectivity index (χ4v) is 0. The molecule has 0 aromatic carbocycles. The second kappa shape index (κ2) is 3.06. The molecule has 4 nitrogen and oxygen atoms in total. The molecule has 0 heterocycles. The minimum absolute atomic E-state index is 0. The van der Waals surface area contributed by atoms with E-state index in [2.05, 4.69) is 0 Å². The molecule has 0 rings (SSSR count). The first-order chi connectivity index (χ1) is 2.00. The summed E-state index contributed by atoms with van der Waals surface area (Å²) >= 11 is 0. The molecule has 0 spiro atoms. The summed E-state index contributed by atoms with van der Waals surface area (Å²) in [5, 5.41) is 0. The Morgan fingerprint density at radius 2 is 1.33 bits per heavy atom. The molecule has 0 aromatic heterocycles. The van der Waals surface area contributed by atoms with Gasteiger partial charge in [-0.25, -0.2) is 0 Å². The Morgan fingerprint density at radius 3 is 1.33 bits per heavy atom. The van der Waals surface area contributed by atoms with E-state index >= 15 is 0 Å². The van der Waals surface area contributed by atoms with E-state index in [1.54, 1.807) is 0 Å². The van der Waals surface area contributed by atoms with Crippen LogP contribution < -0.4 is 14.7 Å². The largest absolute Gasteiger partial charge is 4.00 e. The Balaban J connectivity index is -0.0000000800. The van der Waals surface area contributed by atoms with Gasteiger partial charge in [0.1, 0.15) is 0 Å². The van der Waals surface area contributed by atoms with Gasteiger partial charge in [-0.3, -0.25) is 0 Å². The van der Waals surface area contributed by atoms with Crippen LogP contribution >= 0.6 is 7.82 Å². The summed E-state index contributed by atoms with van der Waals surface area (Å²) < 4.78 is 8.55. The smallest absolute Gasteiger partial charge is 0.822 e. The topological polar surface area (TPSA) is 86.2 Å². The van der Waals surface area contributed by atoms with E-state index in [-0.39, 0.29) is 27.6 Å². The summed E-state index contributed by atoms with van der Waals surface area (Å²) in [4.78, 5) is 25.6. The third-order valence-electron chi connectivity index (χ3n) is 0. The molecule has 0 atom stereocenters. The summed E-state index contributed by atoms with van der Waals surface area (Å²) in [7, 11) is -5.39. The molecule has 32 valence electrons. The van der Waals surface area contributed by atoms with Gasteiger partial charge >= 0.3 is 27.6 Å². The number of hydrogen-bond donors (Lipinski definition) is 0. The fraction of sp³-hybridized carbons (Fsp3) is 0. The second-order valence-corrected chi connectivity index (χ2v) is 1.34. The molecule has 0 N–H and O–H groups in total. The molecular weight excluding hydrogens is 186 g/mol. The Kier molecular flexibility index (Phi) is 5.13. The van der Waals surface area contributed by atoms with Gasteiger partial charge < -0.3 is 19.2 Å². The van der Waals surface area contributed by atoms with Crippen LogP contribution in [0, 0.1) is 0 Å². The van der Waals surface area contributed by atoms with Crippen molar-refractivity contribution >= 4 is 7.82 Å². The monoisotopic (exact) mass is 186 g/mol. The van der Waals surface area contributed by atoms with Gasteiger partial charge in [0.05, 0.1) is 0 Å². The van der Waals surface area contributed by atoms with E-state index in [0.717, 1.165) is 0 Å². The van der Waals surface area contributed by atoms with Crippen LogP contribution in [0.2, 0.25) is 0 Å². The van der Waals surface area contributed by atoms with Crippen molar-refractivity contribution in [2.75, 3.05) is 0 Å². The van der Waals surface area contributed by atoms with Crippen LogP contribution in [0.3, 0.4) is 0 Å². The first kappa shape index (κ1) is 10.1. The molecule has 0 aliphatic carbocycles. The van der Waals surface area contributed by atoms with Crippen LogP contribution in [0.25, 0.3) is 0 Å². The summed E-state index contributed by atoms with van der Waals surface area (Å²) in [5.74, 6) is 0. The zero-order valence-electron chi connectivity index (χ0n) is 3.58. The Labute approximate surface area is 55.0 Å². The van der Waals surface area contributed by atoms with Crippen LogP contribution in [-0.4, -0.2) is 0 Å². The van der Waals surface area contributed by atoms with E-state index in [9.17, 15) is 0 Å².